The quantitative estimate of drug-likeness (QED) is 0.645. The van der Waals surface area contributed by atoms with E-state index in [1.54, 1.807) is 15.5 Å². The predicted molar refractivity (Wildman–Crippen MR) is 102 cm³/mol. The van der Waals surface area contributed by atoms with Crippen molar-refractivity contribution in [2.75, 3.05) is 18.6 Å². The summed E-state index contributed by atoms with van der Waals surface area (Å²) in [5, 5.41) is 4.19. The number of carbonyl (C=O) groups is 2. The molecule has 1 aromatic carbocycles. The lowest BCUT2D eigenvalue weighted by Crippen LogP contribution is -2.29. The van der Waals surface area contributed by atoms with Crippen LogP contribution in [-0.2, 0) is 22.4 Å². The molecule has 0 radical (unpaired) electrons. The Hall–Kier alpha value is -3.29. The minimum Gasteiger partial charge on any atom is -0.465 e. The van der Waals surface area contributed by atoms with E-state index in [9.17, 15) is 9.59 Å². The van der Waals surface area contributed by atoms with E-state index in [1.807, 2.05) is 26.0 Å². The van der Waals surface area contributed by atoms with Gasteiger partial charge in [0, 0.05) is 30.0 Å². The molecule has 28 heavy (non-hydrogen) atoms. The van der Waals surface area contributed by atoms with Gasteiger partial charge in [-0.05, 0) is 56.0 Å². The highest BCUT2D eigenvalue weighted by atomic mass is 16.5. The summed E-state index contributed by atoms with van der Waals surface area (Å²) in [6, 6.07) is 5.34. The zero-order chi connectivity index (χ0) is 19.8. The first-order chi connectivity index (χ1) is 13.5. The van der Waals surface area contributed by atoms with Gasteiger partial charge in [0.1, 0.15) is 6.33 Å². The molecule has 0 saturated heterocycles. The molecule has 0 saturated carbocycles. The lowest BCUT2D eigenvalue weighted by atomic mass is 10.1. The van der Waals surface area contributed by atoms with Crippen LogP contribution in [-0.4, -0.2) is 45.1 Å². The highest BCUT2D eigenvalue weighted by molar-refractivity contribution is 5.97. The van der Waals surface area contributed by atoms with Crippen molar-refractivity contribution in [3.05, 3.63) is 52.6 Å². The normalized spacial score (nSPS) is 13.0. The SMILES string of the molecule is COC(=O)c1ccc2c(c1)CCN2C(=O)CCc1c(C)nc2ncnn2c1C. The zero-order valence-corrected chi connectivity index (χ0v) is 16.1. The van der Waals surface area contributed by atoms with Gasteiger partial charge in [-0.15, -0.1) is 0 Å². The van der Waals surface area contributed by atoms with Crippen LogP contribution in [0.2, 0.25) is 0 Å². The van der Waals surface area contributed by atoms with Crippen LogP contribution in [0.3, 0.4) is 0 Å². The highest BCUT2D eigenvalue weighted by Crippen LogP contribution is 2.30. The standard InChI is InChI=1S/C20H21N5O3/c1-12-16(13(2)25-20(23-12)21-11-22-25)5-7-18(26)24-9-8-14-10-15(19(27)28-3)4-6-17(14)24/h4,6,10-11H,5,7-9H2,1-3H3. The highest BCUT2D eigenvalue weighted by Gasteiger charge is 2.26. The molecule has 0 fully saturated rings. The van der Waals surface area contributed by atoms with Gasteiger partial charge >= 0.3 is 5.97 Å². The molecule has 0 atom stereocenters. The largest absolute Gasteiger partial charge is 0.465 e. The maximum absolute atomic E-state index is 12.9. The van der Waals surface area contributed by atoms with E-state index < -0.39 is 0 Å². The Bertz CT molecular complexity index is 1090. The van der Waals surface area contributed by atoms with Gasteiger partial charge in [0.15, 0.2) is 0 Å². The number of hydrogen-bond acceptors (Lipinski definition) is 6. The number of benzene rings is 1. The summed E-state index contributed by atoms with van der Waals surface area (Å²) in [6.07, 6.45) is 3.18. The number of carbonyl (C=O) groups excluding carboxylic acids is 2. The van der Waals surface area contributed by atoms with Crippen molar-refractivity contribution < 1.29 is 14.3 Å². The van der Waals surface area contributed by atoms with E-state index in [2.05, 4.69) is 15.1 Å². The molecule has 0 aliphatic carbocycles. The van der Waals surface area contributed by atoms with Crippen molar-refractivity contribution in [1.82, 2.24) is 19.6 Å². The fourth-order valence-electron chi connectivity index (χ4n) is 3.79. The maximum Gasteiger partial charge on any atom is 0.337 e. The van der Waals surface area contributed by atoms with Gasteiger partial charge in [0.05, 0.1) is 12.7 Å². The van der Waals surface area contributed by atoms with Crippen LogP contribution in [0.15, 0.2) is 24.5 Å². The van der Waals surface area contributed by atoms with Crippen LogP contribution in [0, 0.1) is 13.8 Å². The average Bonchev–Trinajstić information content (AvgIpc) is 3.33. The maximum atomic E-state index is 12.9. The Morgan fingerprint density at radius 2 is 2.07 bits per heavy atom. The van der Waals surface area contributed by atoms with Crippen LogP contribution in [0.25, 0.3) is 5.78 Å². The number of hydrogen-bond donors (Lipinski definition) is 0. The van der Waals surface area contributed by atoms with E-state index >= 15 is 0 Å². The zero-order valence-electron chi connectivity index (χ0n) is 16.1. The first-order valence-corrected chi connectivity index (χ1v) is 9.17. The third-order valence-electron chi connectivity index (χ3n) is 5.27. The Morgan fingerprint density at radius 1 is 1.25 bits per heavy atom. The number of fused-ring (bicyclic) bond motifs is 2. The van der Waals surface area contributed by atoms with Gasteiger partial charge in [-0.25, -0.2) is 14.3 Å². The summed E-state index contributed by atoms with van der Waals surface area (Å²) in [5.74, 6) is 0.261. The number of esters is 1. The van der Waals surface area contributed by atoms with E-state index in [0.29, 0.717) is 30.7 Å². The van der Waals surface area contributed by atoms with E-state index in [0.717, 1.165) is 34.6 Å². The van der Waals surface area contributed by atoms with E-state index in [4.69, 9.17) is 4.74 Å². The Kier molecular flexibility index (Phi) is 4.54. The van der Waals surface area contributed by atoms with E-state index in [-0.39, 0.29) is 11.9 Å². The summed E-state index contributed by atoms with van der Waals surface area (Å²) in [7, 11) is 1.36. The van der Waals surface area contributed by atoms with Crippen molar-refractivity contribution in [2.24, 2.45) is 0 Å². The third-order valence-corrected chi connectivity index (χ3v) is 5.27. The fourth-order valence-corrected chi connectivity index (χ4v) is 3.79. The molecule has 1 aliphatic heterocycles. The van der Waals surface area contributed by atoms with Crippen molar-refractivity contribution in [1.29, 1.82) is 0 Å². The summed E-state index contributed by atoms with van der Waals surface area (Å²) in [6.45, 7) is 4.52. The first-order valence-electron chi connectivity index (χ1n) is 9.17. The monoisotopic (exact) mass is 379 g/mol. The molecule has 1 amide bonds. The molecular formula is C20H21N5O3. The van der Waals surface area contributed by atoms with Crippen molar-refractivity contribution >= 4 is 23.3 Å². The Balaban J connectivity index is 1.51. The van der Waals surface area contributed by atoms with Crippen molar-refractivity contribution in [3.8, 4) is 0 Å². The van der Waals surface area contributed by atoms with Crippen molar-refractivity contribution in [2.45, 2.75) is 33.1 Å². The molecule has 3 heterocycles. The molecule has 4 rings (SSSR count). The van der Waals surface area contributed by atoms with Gasteiger partial charge < -0.3 is 9.64 Å². The molecule has 0 N–H and O–H groups in total. The predicted octanol–water partition coefficient (Wildman–Crippen LogP) is 2.05. The summed E-state index contributed by atoms with van der Waals surface area (Å²) >= 11 is 0. The smallest absolute Gasteiger partial charge is 0.337 e. The van der Waals surface area contributed by atoms with Gasteiger partial charge in [-0.3, -0.25) is 4.79 Å². The number of aromatic nitrogens is 4. The van der Waals surface area contributed by atoms with Gasteiger partial charge in [0.2, 0.25) is 5.91 Å². The van der Waals surface area contributed by atoms with Crippen LogP contribution in [0.1, 0.15) is 39.3 Å². The number of nitrogens with zero attached hydrogens (tertiary/aromatic N) is 5. The molecule has 0 unspecified atom stereocenters. The molecular weight excluding hydrogens is 358 g/mol. The Labute approximate surface area is 162 Å². The second kappa shape index (κ2) is 7.03. The summed E-state index contributed by atoms with van der Waals surface area (Å²) < 4.78 is 6.47. The fraction of sp³-hybridized carbons (Fsp3) is 0.350. The Morgan fingerprint density at radius 3 is 2.86 bits per heavy atom. The van der Waals surface area contributed by atoms with Crippen LogP contribution in [0.4, 0.5) is 5.69 Å². The third kappa shape index (κ3) is 3.00. The number of anilines is 1. The first kappa shape index (κ1) is 18.1. The summed E-state index contributed by atoms with van der Waals surface area (Å²) in [4.78, 5) is 35.0. The second-order valence-electron chi connectivity index (χ2n) is 6.86. The van der Waals surface area contributed by atoms with Gasteiger partial charge in [0.25, 0.3) is 5.78 Å². The molecule has 0 bridgehead atoms. The lowest BCUT2D eigenvalue weighted by molar-refractivity contribution is -0.118. The molecule has 144 valence electrons. The average molecular weight is 379 g/mol. The minimum absolute atomic E-state index is 0.0575. The lowest BCUT2D eigenvalue weighted by Gasteiger charge is -2.18. The molecule has 8 heteroatoms. The number of rotatable bonds is 4. The second-order valence-corrected chi connectivity index (χ2v) is 6.86. The van der Waals surface area contributed by atoms with Crippen LogP contribution in [0.5, 0.6) is 0 Å². The molecule has 8 nitrogen and oxygen atoms in total. The molecule has 0 spiro atoms. The number of ether oxygens (including phenoxy) is 1. The van der Waals surface area contributed by atoms with Crippen LogP contribution >= 0.6 is 0 Å². The topological polar surface area (TPSA) is 89.7 Å². The molecule has 1 aliphatic rings. The summed E-state index contributed by atoms with van der Waals surface area (Å²) in [5.41, 5.74) is 5.22. The van der Waals surface area contributed by atoms with Crippen LogP contribution < -0.4 is 4.90 Å². The van der Waals surface area contributed by atoms with E-state index in [1.165, 1.54) is 13.4 Å². The van der Waals surface area contributed by atoms with Crippen molar-refractivity contribution in [3.63, 3.8) is 0 Å². The molecule has 2 aromatic heterocycles. The number of amides is 1. The van der Waals surface area contributed by atoms with Gasteiger partial charge in [-0.2, -0.15) is 10.1 Å². The number of aryl methyl sites for hydroxylation is 2. The number of methoxy groups -OCH3 is 1. The van der Waals surface area contributed by atoms with Gasteiger partial charge in [-0.1, -0.05) is 0 Å². The molecule has 3 aromatic rings. The minimum atomic E-state index is -0.366.